The summed E-state index contributed by atoms with van der Waals surface area (Å²) in [7, 11) is 1.69. The Hall–Kier alpha value is -2.62. The number of fused-ring (bicyclic) bond motifs is 1. The molecule has 0 aliphatic carbocycles. The standard InChI is InChI=1S/C17H16N2O2/c1-12-7-9-13(10-8-12)11-19-16(20)14-5-3-4-6-15(14)18(2)17(19)21/h3-10H,11H2,1-2H3. The summed E-state index contributed by atoms with van der Waals surface area (Å²) in [5.74, 6) is 0. The van der Waals surface area contributed by atoms with Crippen molar-refractivity contribution in [3.63, 3.8) is 0 Å². The van der Waals surface area contributed by atoms with Crippen LogP contribution in [0.1, 0.15) is 11.1 Å². The number of rotatable bonds is 2. The lowest BCUT2D eigenvalue weighted by Gasteiger charge is -2.10. The van der Waals surface area contributed by atoms with E-state index in [1.54, 1.807) is 19.2 Å². The van der Waals surface area contributed by atoms with Crippen molar-refractivity contribution in [2.45, 2.75) is 13.5 Å². The lowest BCUT2D eigenvalue weighted by molar-refractivity contribution is 0.660. The van der Waals surface area contributed by atoms with Gasteiger partial charge in [0.2, 0.25) is 0 Å². The fourth-order valence-corrected chi connectivity index (χ4v) is 2.48. The monoisotopic (exact) mass is 280 g/mol. The van der Waals surface area contributed by atoms with Crippen LogP contribution in [0.4, 0.5) is 0 Å². The Morgan fingerprint density at radius 1 is 0.952 bits per heavy atom. The molecule has 0 saturated heterocycles. The van der Waals surface area contributed by atoms with Crippen LogP contribution in [0.15, 0.2) is 58.1 Å². The molecule has 0 radical (unpaired) electrons. The van der Waals surface area contributed by atoms with Crippen molar-refractivity contribution < 1.29 is 0 Å². The first-order valence-electron chi connectivity index (χ1n) is 6.82. The number of aromatic nitrogens is 2. The highest BCUT2D eigenvalue weighted by Gasteiger charge is 2.10. The van der Waals surface area contributed by atoms with Crippen LogP contribution in [0.2, 0.25) is 0 Å². The molecule has 0 saturated carbocycles. The maximum Gasteiger partial charge on any atom is 0.331 e. The van der Waals surface area contributed by atoms with Gasteiger partial charge in [-0.15, -0.1) is 0 Å². The minimum atomic E-state index is -0.292. The van der Waals surface area contributed by atoms with Gasteiger partial charge in [0.15, 0.2) is 0 Å². The highest BCUT2D eigenvalue weighted by molar-refractivity contribution is 5.77. The molecule has 4 heteroatoms. The molecule has 0 aliphatic heterocycles. The van der Waals surface area contributed by atoms with Gasteiger partial charge in [0.1, 0.15) is 0 Å². The molecular formula is C17H16N2O2. The molecule has 0 unspecified atom stereocenters. The summed E-state index contributed by atoms with van der Waals surface area (Å²) in [5, 5.41) is 0.562. The summed E-state index contributed by atoms with van der Waals surface area (Å²) < 4.78 is 2.80. The molecule has 106 valence electrons. The molecule has 21 heavy (non-hydrogen) atoms. The number of benzene rings is 2. The Bertz CT molecular complexity index is 918. The molecule has 3 rings (SSSR count). The van der Waals surface area contributed by atoms with Crippen LogP contribution < -0.4 is 11.2 Å². The molecule has 0 spiro atoms. The molecule has 2 aromatic carbocycles. The van der Waals surface area contributed by atoms with E-state index in [1.165, 1.54) is 9.13 Å². The van der Waals surface area contributed by atoms with E-state index in [4.69, 9.17) is 0 Å². The van der Waals surface area contributed by atoms with E-state index in [9.17, 15) is 9.59 Å². The molecule has 1 heterocycles. The van der Waals surface area contributed by atoms with Crippen molar-refractivity contribution in [2.75, 3.05) is 0 Å². The molecule has 1 aromatic heterocycles. The Morgan fingerprint density at radius 3 is 2.33 bits per heavy atom. The van der Waals surface area contributed by atoms with Crippen molar-refractivity contribution >= 4 is 10.9 Å². The largest absolute Gasteiger partial charge is 0.331 e. The molecule has 0 aliphatic rings. The van der Waals surface area contributed by atoms with E-state index in [0.29, 0.717) is 10.9 Å². The number of para-hydroxylation sites is 1. The van der Waals surface area contributed by atoms with E-state index in [0.717, 1.165) is 11.1 Å². The SMILES string of the molecule is Cc1ccc(Cn2c(=O)c3ccccc3n(C)c2=O)cc1. The third kappa shape index (κ3) is 2.29. The third-order valence-corrected chi connectivity index (χ3v) is 3.72. The molecule has 0 fully saturated rings. The van der Waals surface area contributed by atoms with E-state index < -0.39 is 0 Å². The van der Waals surface area contributed by atoms with Gasteiger partial charge >= 0.3 is 5.69 Å². The van der Waals surface area contributed by atoms with Gasteiger partial charge in [-0.3, -0.25) is 13.9 Å². The predicted octanol–water partition coefficient (Wildman–Crippen LogP) is 2.06. The second kappa shape index (κ2) is 5.05. The summed E-state index contributed by atoms with van der Waals surface area (Å²) in [6.07, 6.45) is 0. The number of nitrogens with zero attached hydrogens (tertiary/aromatic N) is 2. The number of hydrogen-bond acceptors (Lipinski definition) is 2. The summed E-state index contributed by atoms with van der Waals surface area (Å²) in [6.45, 7) is 2.29. The first-order valence-corrected chi connectivity index (χ1v) is 6.82. The first-order chi connectivity index (χ1) is 10.1. The molecule has 0 amide bonds. The van der Waals surface area contributed by atoms with Gasteiger partial charge in [-0.2, -0.15) is 0 Å². The molecule has 3 aromatic rings. The fourth-order valence-electron chi connectivity index (χ4n) is 2.48. The van der Waals surface area contributed by atoms with Crippen LogP contribution in [-0.2, 0) is 13.6 Å². The van der Waals surface area contributed by atoms with Gasteiger partial charge in [-0.25, -0.2) is 4.79 Å². The normalized spacial score (nSPS) is 11.0. The Labute approximate surface area is 121 Å². The van der Waals surface area contributed by atoms with Crippen molar-refractivity contribution in [1.82, 2.24) is 9.13 Å². The third-order valence-electron chi connectivity index (χ3n) is 3.72. The molecule has 0 bridgehead atoms. The Balaban J connectivity index is 2.21. The van der Waals surface area contributed by atoms with Crippen LogP contribution >= 0.6 is 0 Å². The average molecular weight is 280 g/mol. The molecule has 0 atom stereocenters. The van der Waals surface area contributed by atoms with Crippen molar-refractivity contribution in [3.8, 4) is 0 Å². The van der Waals surface area contributed by atoms with Crippen molar-refractivity contribution in [2.24, 2.45) is 7.05 Å². The van der Waals surface area contributed by atoms with Gasteiger partial charge in [-0.1, -0.05) is 42.0 Å². The Morgan fingerprint density at radius 2 is 1.62 bits per heavy atom. The summed E-state index contributed by atoms with van der Waals surface area (Å²) in [6, 6.07) is 15.0. The highest BCUT2D eigenvalue weighted by Crippen LogP contribution is 2.07. The predicted molar refractivity (Wildman–Crippen MR) is 83.7 cm³/mol. The van der Waals surface area contributed by atoms with Gasteiger partial charge in [0, 0.05) is 7.05 Å². The summed E-state index contributed by atoms with van der Waals surface area (Å²) in [5.41, 5.74) is 2.22. The van der Waals surface area contributed by atoms with Crippen LogP contribution in [0.3, 0.4) is 0 Å². The van der Waals surface area contributed by atoms with E-state index >= 15 is 0 Å². The van der Waals surface area contributed by atoms with Gasteiger partial charge in [0.05, 0.1) is 17.4 Å². The zero-order chi connectivity index (χ0) is 15.0. The lowest BCUT2D eigenvalue weighted by Crippen LogP contribution is -2.39. The fraction of sp³-hybridized carbons (Fsp3) is 0.176. The maximum absolute atomic E-state index is 12.5. The van der Waals surface area contributed by atoms with E-state index in [-0.39, 0.29) is 17.8 Å². The first kappa shape index (κ1) is 13.4. The van der Waals surface area contributed by atoms with Crippen molar-refractivity contribution in [3.05, 3.63) is 80.5 Å². The summed E-state index contributed by atoms with van der Waals surface area (Å²) >= 11 is 0. The van der Waals surface area contributed by atoms with E-state index in [1.807, 2.05) is 43.3 Å². The summed E-state index contributed by atoms with van der Waals surface area (Å²) in [4.78, 5) is 24.9. The van der Waals surface area contributed by atoms with Crippen molar-refractivity contribution in [1.29, 1.82) is 0 Å². The quantitative estimate of drug-likeness (QED) is 0.721. The minimum Gasteiger partial charge on any atom is -0.296 e. The van der Waals surface area contributed by atoms with E-state index in [2.05, 4.69) is 0 Å². The van der Waals surface area contributed by atoms with Gasteiger partial charge < -0.3 is 0 Å². The van der Waals surface area contributed by atoms with Gasteiger partial charge in [-0.05, 0) is 24.6 Å². The zero-order valence-corrected chi connectivity index (χ0v) is 12.0. The Kier molecular flexibility index (Phi) is 3.22. The number of hydrogen-bond donors (Lipinski definition) is 0. The molecular weight excluding hydrogens is 264 g/mol. The van der Waals surface area contributed by atoms with Crippen LogP contribution in [-0.4, -0.2) is 9.13 Å². The molecule has 0 N–H and O–H groups in total. The average Bonchev–Trinajstić information content (AvgIpc) is 2.51. The van der Waals surface area contributed by atoms with Crippen LogP contribution in [0.5, 0.6) is 0 Å². The van der Waals surface area contributed by atoms with Crippen LogP contribution in [0, 0.1) is 6.92 Å². The topological polar surface area (TPSA) is 44.0 Å². The van der Waals surface area contributed by atoms with Gasteiger partial charge in [0.25, 0.3) is 5.56 Å². The number of aryl methyl sites for hydroxylation is 2. The highest BCUT2D eigenvalue weighted by atomic mass is 16.2. The second-order valence-corrected chi connectivity index (χ2v) is 5.24. The zero-order valence-electron chi connectivity index (χ0n) is 12.0. The smallest absolute Gasteiger partial charge is 0.296 e. The molecule has 4 nitrogen and oxygen atoms in total. The lowest BCUT2D eigenvalue weighted by atomic mass is 10.1. The van der Waals surface area contributed by atoms with Crippen LogP contribution in [0.25, 0.3) is 10.9 Å². The minimum absolute atomic E-state index is 0.241. The maximum atomic E-state index is 12.5. The second-order valence-electron chi connectivity index (χ2n) is 5.24.